The summed E-state index contributed by atoms with van der Waals surface area (Å²) in [6.07, 6.45) is 2.42. The smallest absolute Gasteiger partial charge is 0.338 e. The van der Waals surface area contributed by atoms with E-state index in [1.165, 1.54) is 36.4 Å². The Labute approximate surface area is 188 Å². The first-order valence-corrected chi connectivity index (χ1v) is 10.5. The second-order valence-corrected chi connectivity index (χ2v) is 10.0. The highest BCUT2D eigenvalue weighted by atomic mass is 16.5. The van der Waals surface area contributed by atoms with Gasteiger partial charge in [-0.2, -0.15) is 0 Å². The maximum absolute atomic E-state index is 12.6. The Hall–Kier alpha value is -3.41. The van der Waals surface area contributed by atoms with Gasteiger partial charge in [-0.15, -0.1) is 0 Å². The molecule has 2 aromatic rings. The topological polar surface area (TPSA) is 83.9 Å². The van der Waals surface area contributed by atoms with E-state index in [-0.39, 0.29) is 23.2 Å². The van der Waals surface area contributed by atoms with Crippen molar-refractivity contribution in [2.24, 2.45) is 0 Å². The second kappa shape index (κ2) is 8.26. The maximum Gasteiger partial charge on any atom is 0.338 e. The number of ether oxygens (including phenoxy) is 1. The van der Waals surface area contributed by atoms with Gasteiger partial charge in [0.1, 0.15) is 12.4 Å². The van der Waals surface area contributed by atoms with Gasteiger partial charge in [-0.3, -0.25) is 9.59 Å². The van der Waals surface area contributed by atoms with Gasteiger partial charge in [0.15, 0.2) is 0 Å². The van der Waals surface area contributed by atoms with E-state index in [2.05, 4.69) is 0 Å². The summed E-state index contributed by atoms with van der Waals surface area (Å²) in [7, 11) is 0. The first kappa shape index (κ1) is 23.3. The van der Waals surface area contributed by atoms with Crippen LogP contribution in [0.25, 0.3) is 0 Å². The van der Waals surface area contributed by atoms with E-state index < -0.39 is 17.8 Å². The molecule has 0 fully saturated rings. The first-order valence-electron chi connectivity index (χ1n) is 10.5. The Morgan fingerprint density at radius 2 is 1.34 bits per heavy atom. The van der Waals surface area contributed by atoms with Crippen molar-refractivity contribution in [2.75, 3.05) is 4.90 Å². The number of carbonyl (C=O) groups is 3. The average Bonchev–Trinajstić information content (AvgIpc) is 3.03. The predicted octanol–water partition coefficient (Wildman–Crippen LogP) is 4.77. The minimum absolute atomic E-state index is 0.0556. The summed E-state index contributed by atoms with van der Waals surface area (Å²) in [6.45, 7) is 12.2. The second-order valence-electron chi connectivity index (χ2n) is 10.0. The number of hydrogen-bond donors (Lipinski definition) is 1. The van der Waals surface area contributed by atoms with Crippen LogP contribution in [0.2, 0.25) is 0 Å². The lowest BCUT2D eigenvalue weighted by Gasteiger charge is -2.28. The van der Waals surface area contributed by atoms with Gasteiger partial charge in [-0.25, -0.2) is 9.69 Å². The number of aromatic hydroxyl groups is 1. The number of benzene rings is 2. The number of imide groups is 1. The monoisotopic (exact) mass is 435 g/mol. The quantitative estimate of drug-likeness (QED) is 0.552. The van der Waals surface area contributed by atoms with Crippen molar-refractivity contribution in [2.45, 2.75) is 59.0 Å². The average molecular weight is 436 g/mol. The summed E-state index contributed by atoms with van der Waals surface area (Å²) in [5.74, 6) is -1.07. The van der Waals surface area contributed by atoms with Crippen molar-refractivity contribution >= 4 is 23.5 Å². The van der Waals surface area contributed by atoms with Crippen LogP contribution in [0.1, 0.15) is 68.6 Å². The summed E-state index contributed by atoms with van der Waals surface area (Å²) in [5.41, 5.74) is 2.54. The van der Waals surface area contributed by atoms with Gasteiger partial charge in [0, 0.05) is 12.2 Å². The van der Waals surface area contributed by atoms with Gasteiger partial charge in [0.25, 0.3) is 11.8 Å². The van der Waals surface area contributed by atoms with Crippen molar-refractivity contribution < 1.29 is 24.2 Å². The number of esters is 1. The molecular weight excluding hydrogens is 406 g/mol. The summed E-state index contributed by atoms with van der Waals surface area (Å²) < 4.78 is 5.52. The number of nitrogens with zero attached hydrogens (tertiary/aromatic N) is 1. The third-order valence-corrected chi connectivity index (χ3v) is 5.33. The number of hydrogen-bond acceptors (Lipinski definition) is 5. The molecule has 0 bridgehead atoms. The van der Waals surface area contributed by atoms with Crippen LogP contribution in [0.5, 0.6) is 5.75 Å². The molecule has 3 rings (SSSR count). The molecule has 168 valence electrons. The Balaban J connectivity index is 1.78. The lowest BCUT2D eigenvalue weighted by molar-refractivity contribution is -0.119. The molecule has 0 saturated carbocycles. The van der Waals surface area contributed by atoms with Crippen molar-refractivity contribution in [3.63, 3.8) is 0 Å². The van der Waals surface area contributed by atoms with Crippen LogP contribution in [-0.4, -0.2) is 22.9 Å². The van der Waals surface area contributed by atoms with Crippen molar-refractivity contribution in [3.8, 4) is 5.75 Å². The Morgan fingerprint density at radius 1 is 0.875 bits per heavy atom. The minimum Gasteiger partial charge on any atom is -0.507 e. The fraction of sp³-hybridized carbons (Fsp3) is 0.346. The predicted molar refractivity (Wildman–Crippen MR) is 123 cm³/mol. The molecule has 0 spiro atoms. The standard InChI is InChI=1S/C26H29NO5/c1-25(2,3)19-13-16(14-20(23(19)30)26(4,5)6)15-32-24(31)17-7-9-18(10-8-17)27-21(28)11-12-22(27)29/h7-14,30H,15H2,1-6H3. The van der Waals surface area contributed by atoms with Crippen molar-refractivity contribution in [3.05, 3.63) is 70.8 Å². The third-order valence-electron chi connectivity index (χ3n) is 5.33. The van der Waals surface area contributed by atoms with Crippen LogP contribution < -0.4 is 4.90 Å². The number of phenols is 1. The number of carbonyl (C=O) groups excluding carboxylic acids is 3. The van der Waals surface area contributed by atoms with E-state index in [1.807, 2.05) is 53.7 Å². The zero-order chi connectivity index (χ0) is 23.8. The summed E-state index contributed by atoms with van der Waals surface area (Å²) in [4.78, 5) is 37.2. The molecule has 1 N–H and O–H groups in total. The Bertz CT molecular complexity index is 1050. The molecule has 6 heteroatoms. The highest BCUT2D eigenvalue weighted by molar-refractivity contribution is 6.28. The third kappa shape index (κ3) is 4.74. The molecule has 0 aromatic heterocycles. The van der Waals surface area contributed by atoms with Crippen LogP contribution in [-0.2, 0) is 31.8 Å². The zero-order valence-electron chi connectivity index (χ0n) is 19.4. The molecule has 0 unspecified atom stereocenters. The molecular formula is C26H29NO5. The fourth-order valence-corrected chi connectivity index (χ4v) is 3.55. The number of phenolic OH excluding ortho intramolecular Hbond substituents is 1. The first-order chi connectivity index (χ1) is 14.8. The molecule has 32 heavy (non-hydrogen) atoms. The fourth-order valence-electron chi connectivity index (χ4n) is 3.55. The SMILES string of the molecule is CC(C)(C)c1cc(COC(=O)c2ccc(N3C(=O)C=CC3=O)cc2)cc(C(C)(C)C)c1O. The van der Waals surface area contributed by atoms with Crippen molar-refractivity contribution in [1.82, 2.24) is 0 Å². The molecule has 0 radical (unpaired) electrons. The minimum atomic E-state index is -0.517. The number of rotatable bonds is 4. The van der Waals surface area contributed by atoms with Crippen LogP contribution in [0.3, 0.4) is 0 Å². The van der Waals surface area contributed by atoms with Crippen LogP contribution >= 0.6 is 0 Å². The van der Waals surface area contributed by atoms with Crippen molar-refractivity contribution in [1.29, 1.82) is 0 Å². The lowest BCUT2D eigenvalue weighted by Crippen LogP contribution is -2.29. The Morgan fingerprint density at radius 3 is 1.78 bits per heavy atom. The van der Waals surface area contributed by atoms with Gasteiger partial charge in [0.2, 0.25) is 0 Å². The van der Waals surface area contributed by atoms with E-state index >= 15 is 0 Å². The van der Waals surface area contributed by atoms with Crippen LogP contribution in [0, 0.1) is 0 Å². The van der Waals surface area contributed by atoms with E-state index in [1.54, 1.807) is 0 Å². The molecule has 0 saturated heterocycles. The molecule has 6 nitrogen and oxygen atoms in total. The van der Waals surface area contributed by atoms with Gasteiger partial charge in [0.05, 0.1) is 11.3 Å². The Kier molecular flexibility index (Phi) is 6.00. The normalized spacial score (nSPS) is 14.2. The molecule has 1 heterocycles. The highest BCUT2D eigenvalue weighted by Crippen LogP contribution is 2.40. The van der Waals surface area contributed by atoms with E-state index in [0.717, 1.165) is 21.6 Å². The maximum atomic E-state index is 12.6. The summed E-state index contributed by atoms with van der Waals surface area (Å²) in [5, 5.41) is 10.8. The van der Waals surface area contributed by atoms with Crippen LogP contribution in [0.4, 0.5) is 5.69 Å². The molecule has 0 atom stereocenters. The number of anilines is 1. The highest BCUT2D eigenvalue weighted by Gasteiger charge is 2.27. The summed E-state index contributed by atoms with van der Waals surface area (Å²) >= 11 is 0. The summed E-state index contributed by atoms with van der Waals surface area (Å²) in [6, 6.07) is 9.87. The lowest BCUT2D eigenvalue weighted by atomic mass is 9.78. The number of amides is 2. The van der Waals surface area contributed by atoms with E-state index in [4.69, 9.17) is 4.74 Å². The van der Waals surface area contributed by atoms with E-state index in [9.17, 15) is 19.5 Å². The molecule has 1 aliphatic rings. The van der Waals surface area contributed by atoms with Gasteiger partial charge >= 0.3 is 5.97 Å². The molecule has 2 aromatic carbocycles. The molecule has 2 amide bonds. The van der Waals surface area contributed by atoms with Gasteiger partial charge in [-0.05, 0) is 63.9 Å². The zero-order valence-corrected chi connectivity index (χ0v) is 19.4. The van der Waals surface area contributed by atoms with Crippen LogP contribution in [0.15, 0.2) is 48.6 Å². The molecule has 0 aliphatic carbocycles. The van der Waals surface area contributed by atoms with E-state index in [0.29, 0.717) is 11.3 Å². The van der Waals surface area contributed by atoms with Gasteiger partial charge < -0.3 is 9.84 Å². The van der Waals surface area contributed by atoms with Gasteiger partial charge in [-0.1, -0.05) is 41.5 Å². The molecule has 1 aliphatic heterocycles. The largest absolute Gasteiger partial charge is 0.507 e.